The van der Waals surface area contributed by atoms with E-state index in [1.807, 2.05) is 6.07 Å². The summed E-state index contributed by atoms with van der Waals surface area (Å²) in [6, 6.07) is 12.2. The first-order valence-corrected chi connectivity index (χ1v) is 8.59. The Morgan fingerprint density at radius 1 is 1.12 bits per heavy atom. The first-order valence-electron chi connectivity index (χ1n) is 7.05. The second-order valence-electron chi connectivity index (χ2n) is 4.83. The van der Waals surface area contributed by atoms with E-state index in [9.17, 15) is 9.36 Å². The summed E-state index contributed by atoms with van der Waals surface area (Å²) >= 11 is 0. The molecule has 2 aromatic heterocycles. The second-order valence-corrected chi connectivity index (χ2v) is 7.00. The van der Waals surface area contributed by atoms with Gasteiger partial charge >= 0.3 is 7.60 Å². The second kappa shape index (κ2) is 6.57. The average Bonchev–Trinajstić information content (AvgIpc) is 3.31. The fourth-order valence-corrected chi connectivity index (χ4v) is 3.55. The minimum absolute atomic E-state index is 0.0838. The number of hydrogen-bond donors (Lipinski definition) is 1. The molecule has 1 aromatic carbocycles. The molecule has 8 heteroatoms. The largest absolute Gasteiger partial charge is 0.461 e. The van der Waals surface area contributed by atoms with E-state index in [1.165, 1.54) is 26.5 Å². The molecule has 0 saturated heterocycles. The Morgan fingerprint density at radius 3 is 2.42 bits per heavy atom. The van der Waals surface area contributed by atoms with Crippen molar-refractivity contribution in [1.29, 1.82) is 0 Å². The lowest BCUT2D eigenvalue weighted by molar-refractivity contribution is 0.100. The highest BCUT2D eigenvalue weighted by molar-refractivity contribution is 7.62. The molecule has 124 valence electrons. The van der Waals surface area contributed by atoms with Crippen LogP contribution < -0.4 is 5.44 Å². The molecule has 1 N–H and O–H groups in total. The summed E-state index contributed by atoms with van der Waals surface area (Å²) in [4.78, 5) is 12.7. The summed E-state index contributed by atoms with van der Waals surface area (Å²) in [6.07, 6.45) is 1.40. The van der Waals surface area contributed by atoms with Crippen molar-refractivity contribution in [3.63, 3.8) is 0 Å². The van der Waals surface area contributed by atoms with Gasteiger partial charge in [-0.05, 0) is 17.7 Å². The lowest BCUT2D eigenvalue weighted by Crippen LogP contribution is -2.13. The van der Waals surface area contributed by atoms with E-state index in [2.05, 4.69) is 10.2 Å². The number of nitrogens with one attached hydrogen (secondary N) is 1. The van der Waals surface area contributed by atoms with Crippen LogP contribution in [-0.2, 0) is 13.6 Å². The van der Waals surface area contributed by atoms with Crippen molar-refractivity contribution in [2.75, 3.05) is 14.2 Å². The van der Waals surface area contributed by atoms with Gasteiger partial charge in [0.15, 0.2) is 11.2 Å². The molecule has 3 rings (SSSR count). The van der Waals surface area contributed by atoms with Gasteiger partial charge in [0.2, 0.25) is 5.78 Å². The highest BCUT2D eigenvalue weighted by atomic mass is 31.2. The van der Waals surface area contributed by atoms with E-state index in [0.717, 1.165) is 0 Å². The molecule has 0 bridgehead atoms. The van der Waals surface area contributed by atoms with Gasteiger partial charge in [-0.3, -0.25) is 14.5 Å². The number of rotatable bonds is 6. The first kappa shape index (κ1) is 16.4. The number of carbonyl (C=O) groups excluding carboxylic acids is 1. The molecular formula is C16H15N2O5P. The Balaban J connectivity index is 2.23. The molecule has 24 heavy (non-hydrogen) atoms. The normalized spacial score (nSPS) is 11.6. The zero-order valence-electron chi connectivity index (χ0n) is 13.1. The maximum absolute atomic E-state index is 12.8. The van der Waals surface area contributed by atoms with Crippen LogP contribution in [0.1, 0.15) is 16.2 Å². The summed E-state index contributed by atoms with van der Waals surface area (Å²) in [5, 5.41) is 6.68. The molecule has 0 spiro atoms. The minimum atomic E-state index is -3.63. The molecular weight excluding hydrogens is 331 g/mol. The van der Waals surface area contributed by atoms with Gasteiger partial charge in [0.1, 0.15) is 5.69 Å². The van der Waals surface area contributed by atoms with Gasteiger partial charge < -0.3 is 13.5 Å². The number of carbonyl (C=O) groups is 1. The smallest absolute Gasteiger partial charge is 0.379 e. The van der Waals surface area contributed by atoms with Crippen molar-refractivity contribution in [3.8, 4) is 11.1 Å². The Morgan fingerprint density at radius 2 is 1.83 bits per heavy atom. The lowest BCUT2D eigenvalue weighted by atomic mass is 10.0. The maximum Gasteiger partial charge on any atom is 0.379 e. The van der Waals surface area contributed by atoms with Crippen LogP contribution in [0.15, 0.2) is 53.1 Å². The number of nitrogens with zero attached hydrogens (tertiary/aromatic N) is 1. The SMILES string of the molecule is COP(=O)(OC)c1[nH]nc(C(=O)c2ccco2)c1-c1ccccc1. The molecule has 2 heterocycles. The molecule has 0 fully saturated rings. The van der Waals surface area contributed by atoms with Crippen LogP contribution in [0.25, 0.3) is 11.1 Å². The van der Waals surface area contributed by atoms with Gasteiger partial charge in [-0.25, -0.2) is 0 Å². The number of aromatic nitrogens is 2. The lowest BCUT2D eigenvalue weighted by Gasteiger charge is -2.14. The molecule has 0 aliphatic rings. The van der Waals surface area contributed by atoms with E-state index in [-0.39, 0.29) is 16.9 Å². The summed E-state index contributed by atoms with van der Waals surface area (Å²) < 4.78 is 28.1. The van der Waals surface area contributed by atoms with Crippen molar-refractivity contribution < 1.29 is 22.8 Å². The Kier molecular flexibility index (Phi) is 4.49. The van der Waals surface area contributed by atoms with E-state index in [1.54, 1.807) is 30.3 Å². The number of hydrogen-bond acceptors (Lipinski definition) is 6. The van der Waals surface area contributed by atoms with Crippen LogP contribution in [0.4, 0.5) is 0 Å². The van der Waals surface area contributed by atoms with Crippen LogP contribution in [0.5, 0.6) is 0 Å². The summed E-state index contributed by atoms with van der Waals surface area (Å²) in [5.41, 5.74) is 1.23. The molecule has 0 atom stereocenters. The van der Waals surface area contributed by atoms with Gasteiger partial charge in [0, 0.05) is 19.8 Å². The fourth-order valence-electron chi connectivity index (χ4n) is 2.36. The standard InChI is InChI=1S/C16H15N2O5P/c1-21-24(20,22-2)16-13(11-7-4-3-5-8-11)14(17-18-16)15(19)12-9-6-10-23-12/h3-10H,1-2H3,(H,17,18). The molecule has 0 aliphatic carbocycles. The Hall–Kier alpha value is -2.47. The highest BCUT2D eigenvalue weighted by Crippen LogP contribution is 2.47. The minimum Gasteiger partial charge on any atom is -0.461 e. The number of benzene rings is 1. The maximum atomic E-state index is 12.8. The molecule has 0 radical (unpaired) electrons. The number of furan rings is 1. The summed E-state index contributed by atoms with van der Waals surface area (Å²) in [6.45, 7) is 0. The van der Waals surface area contributed by atoms with Gasteiger partial charge in [0.25, 0.3) is 0 Å². The summed E-state index contributed by atoms with van der Waals surface area (Å²) in [7, 11) is -1.09. The monoisotopic (exact) mass is 346 g/mol. The van der Waals surface area contributed by atoms with Crippen molar-refractivity contribution in [1.82, 2.24) is 10.2 Å². The summed E-state index contributed by atoms with van der Waals surface area (Å²) in [5.74, 6) is -0.296. The van der Waals surface area contributed by atoms with Crippen molar-refractivity contribution in [3.05, 3.63) is 60.2 Å². The molecule has 0 saturated carbocycles. The average molecular weight is 346 g/mol. The third kappa shape index (κ3) is 2.73. The quantitative estimate of drug-likeness (QED) is 0.545. The van der Waals surface area contributed by atoms with Crippen molar-refractivity contribution >= 4 is 18.8 Å². The van der Waals surface area contributed by atoms with Crippen LogP contribution in [0, 0.1) is 0 Å². The van der Waals surface area contributed by atoms with E-state index in [0.29, 0.717) is 11.1 Å². The van der Waals surface area contributed by atoms with Gasteiger partial charge in [-0.2, -0.15) is 5.10 Å². The third-order valence-electron chi connectivity index (χ3n) is 3.52. The Bertz CT molecular complexity index is 879. The molecule has 3 aromatic rings. The zero-order valence-corrected chi connectivity index (χ0v) is 13.9. The van der Waals surface area contributed by atoms with E-state index < -0.39 is 13.4 Å². The van der Waals surface area contributed by atoms with Crippen LogP contribution in [-0.4, -0.2) is 30.2 Å². The van der Waals surface area contributed by atoms with Gasteiger partial charge in [-0.1, -0.05) is 30.3 Å². The topological polar surface area (TPSA) is 94.4 Å². The zero-order chi connectivity index (χ0) is 17.2. The first-order chi connectivity index (χ1) is 11.6. The molecule has 0 unspecified atom stereocenters. The predicted octanol–water partition coefficient (Wildman–Crippen LogP) is 3.01. The van der Waals surface area contributed by atoms with E-state index in [4.69, 9.17) is 13.5 Å². The van der Waals surface area contributed by atoms with Crippen LogP contribution in [0.3, 0.4) is 0 Å². The number of ketones is 1. The fraction of sp³-hybridized carbons (Fsp3) is 0.125. The van der Waals surface area contributed by atoms with Crippen molar-refractivity contribution in [2.24, 2.45) is 0 Å². The number of aromatic amines is 1. The number of H-pyrrole nitrogens is 1. The van der Waals surface area contributed by atoms with E-state index >= 15 is 0 Å². The molecule has 0 amide bonds. The predicted molar refractivity (Wildman–Crippen MR) is 87.4 cm³/mol. The van der Waals surface area contributed by atoms with Crippen LogP contribution in [0.2, 0.25) is 0 Å². The highest BCUT2D eigenvalue weighted by Gasteiger charge is 2.35. The Labute approximate surface area is 138 Å². The van der Waals surface area contributed by atoms with Gasteiger partial charge in [0.05, 0.1) is 6.26 Å². The third-order valence-corrected chi connectivity index (χ3v) is 5.36. The van der Waals surface area contributed by atoms with Crippen molar-refractivity contribution in [2.45, 2.75) is 0 Å². The molecule has 7 nitrogen and oxygen atoms in total. The van der Waals surface area contributed by atoms with Crippen LogP contribution >= 0.6 is 7.60 Å². The molecule has 0 aliphatic heterocycles. The van der Waals surface area contributed by atoms with Gasteiger partial charge in [-0.15, -0.1) is 0 Å².